The Labute approximate surface area is 114 Å². The van der Waals surface area contributed by atoms with Crippen LogP contribution >= 0.6 is 0 Å². The molecule has 1 heterocycles. The third-order valence-electron chi connectivity index (χ3n) is 3.81. The van der Waals surface area contributed by atoms with Gasteiger partial charge in [0.1, 0.15) is 5.75 Å². The Morgan fingerprint density at radius 3 is 3.00 bits per heavy atom. The standard InChI is InChI=1S/C15H21NO3/c1-11-6-7-16(10-14(11)19-2)15(18)9-12-4-3-5-13(17)8-12/h3-5,8,11,14,17H,6-7,9-10H2,1-2H3. The van der Waals surface area contributed by atoms with E-state index in [9.17, 15) is 9.90 Å². The number of benzene rings is 1. The van der Waals surface area contributed by atoms with Gasteiger partial charge in [-0.15, -0.1) is 0 Å². The van der Waals surface area contributed by atoms with Gasteiger partial charge in [-0.05, 0) is 30.0 Å². The molecule has 2 atom stereocenters. The van der Waals surface area contributed by atoms with Crippen molar-refractivity contribution in [3.8, 4) is 5.75 Å². The molecule has 104 valence electrons. The summed E-state index contributed by atoms with van der Waals surface area (Å²) in [6.07, 6.45) is 1.44. The van der Waals surface area contributed by atoms with Crippen LogP contribution in [0.25, 0.3) is 0 Å². The van der Waals surface area contributed by atoms with Gasteiger partial charge in [0.15, 0.2) is 0 Å². The van der Waals surface area contributed by atoms with E-state index >= 15 is 0 Å². The van der Waals surface area contributed by atoms with Gasteiger partial charge in [-0.2, -0.15) is 0 Å². The number of nitrogens with zero attached hydrogens (tertiary/aromatic N) is 1. The van der Waals surface area contributed by atoms with Crippen molar-refractivity contribution < 1.29 is 14.6 Å². The molecule has 1 N–H and O–H groups in total. The van der Waals surface area contributed by atoms with Crippen LogP contribution in [0.3, 0.4) is 0 Å². The normalized spacial score (nSPS) is 23.4. The molecule has 1 aliphatic rings. The first-order valence-corrected chi connectivity index (χ1v) is 6.68. The number of ether oxygens (including phenoxy) is 1. The Hall–Kier alpha value is -1.55. The number of hydrogen-bond donors (Lipinski definition) is 1. The Morgan fingerprint density at radius 2 is 2.32 bits per heavy atom. The number of rotatable bonds is 3. The van der Waals surface area contributed by atoms with Gasteiger partial charge >= 0.3 is 0 Å². The molecule has 1 aromatic rings. The van der Waals surface area contributed by atoms with E-state index in [0.29, 0.717) is 18.9 Å². The van der Waals surface area contributed by atoms with Crippen LogP contribution in [-0.4, -0.2) is 42.2 Å². The van der Waals surface area contributed by atoms with Gasteiger partial charge < -0.3 is 14.7 Å². The van der Waals surface area contributed by atoms with E-state index in [0.717, 1.165) is 18.5 Å². The summed E-state index contributed by atoms with van der Waals surface area (Å²) in [6.45, 7) is 3.61. The van der Waals surface area contributed by atoms with E-state index in [-0.39, 0.29) is 17.8 Å². The molecule has 1 saturated heterocycles. The van der Waals surface area contributed by atoms with E-state index in [1.54, 1.807) is 25.3 Å². The van der Waals surface area contributed by atoms with Crippen molar-refractivity contribution >= 4 is 5.91 Å². The number of likely N-dealkylation sites (tertiary alicyclic amines) is 1. The number of hydrogen-bond acceptors (Lipinski definition) is 3. The number of piperidine rings is 1. The molecule has 0 radical (unpaired) electrons. The highest BCUT2D eigenvalue weighted by Gasteiger charge is 2.28. The topological polar surface area (TPSA) is 49.8 Å². The lowest BCUT2D eigenvalue weighted by atomic mass is 9.95. The Kier molecular flexibility index (Phi) is 4.43. The number of aromatic hydroxyl groups is 1. The number of methoxy groups -OCH3 is 1. The van der Waals surface area contributed by atoms with E-state index < -0.39 is 0 Å². The summed E-state index contributed by atoms with van der Waals surface area (Å²) >= 11 is 0. The first-order valence-electron chi connectivity index (χ1n) is 6.68. The van der Waals surface area contributed by atoms with E-state index in [1.165, 1.54) is 0 Å². The van der Waals surface area contributed by atoms with E-state index in [4.69, 9.17) is 4.74 Å². The van der Waals surface area contributed by atoms with Gasteiger partial charge in [-0.1, -0.05) is 19.1 Å². The highest BCUT2D eigenvalue weighted by atomic mass is 16.5. The molecule has 4 nitrogen and oxygen atoms in total. The van der Waals surface area contributed by atoms with E-state index in [2.05, 4.69) is 6.92 Å². The Balaban J connectivity index is 1.97. The molecule has 19 heavy (non-hydrogen) atoms. The van der Waals surface area contributed by atoms with Gasteiger partial charge in [-0.3, -0.25) is 4.79 Å². The van der Waals surface area contributed by atoms with Crippen molar-refractivity contribution in [3.05, 3.63) is 29.8 Å². The second kappa shape index (κ2) is 6.06. The minimum absolute atomic E-state index is 0.0968. The quantitative estimate of drug-likeness (QED) is 0.905. The third kappa shape index (κ3) is 3.47. The smallest absolute Gasteiger partial charge is 0.227 e. The predicted molar refractivity (Wildman–Crippen MR) is 73.0 cm³/mol. The van der Waals surface area contributed by atoms with Crippen molar-refractivity contribution in [2.75, 3.05) is 20.2 Å². The molecule has 4 heteroatoms. The number of phenolic OH excluding ortho intramolecular Hbond substituents is 1. The van der Waals surface area contributed by atoms with Crippen molar-refractivity contribution in [3.63, 3.8) is 0 Å². The number of carbonyl (C=O) groups excluding carboxylic acids is 1. The molecule has 0 spiro atoms. The molecule has 1 amide bonds. The molecular weight excluding hydrogens is 242 g/mol. The second-order valence-electron chi connectivity index (χ2n) is 5.23. The van der Waals surface area contributed by atoms with Crippen molar-refractivity contribution in [2.24, 2.45) is 5.92 Å². The predicted octanol–water partition coefficient (Wildman–Crippen LogP) is 1.82. The molecular formula is C15H21NO3. The van der Waals surface area contributed by atoms with E-state index in [1.807, 2.05) is 11.0 Å². The molecule has 0 aliphatic carbocycles. The number of carbonyl (C=O) groups is 1. The van der Waals surface area contributed by atoms with Crippen LogP contribution in [0.5, 0.6) is 5.75 Å². The molecule has 1 aromatic carbocycles. The Morgan fingerprint density at radius 1 is 1.53 bits per heavy atom. The molecule has 2 unspecified atom stereocenters. The molecule has 1 aliphatic heterocycles. The minimum atomic E-state index is 0.0968. The minimum Gasteiger partial charge on any atom is -0.508 e. The maximum atomic E-state index is 12.2. The maximum absolute atomic E-state index is 12.2. The van der Waals surface area contributed by atoms with Crippen molar-refractivity contribution in [1.82, 2.24) is 4.90 Å². The van der Waals surface area contributed by atoms with Gasteiger partial charge in [0.25, 0.3) is 0 Å². The summed E-state index contributed by atoms with van der Waals surface area (Å²) in [7, 11) is 1.70. The zero-order valence-electron chi connectivity index (χ0n) is 11.5. The summed E-state index contributed by atoms with van der Waals surface area (Å²) in [4.78, 5) is 14.1. The molecule has 2 rings (SSSR count). The van der Waals surface area contributed by atoms with Crippen molar-refractivity contribution in [1.29, 1.82) is 0 Å². The third-order valence-corrected chi connectivity index (χ3v) is 3.81. The number of amides is 1. The Bertz CT molecular complexity index is 447. The van der Waals surface area contributed by atoms with Gasteiger partial charge in [0.2, 0.25) is 5.91 Å². The molecule has 0 saturated carbocycles. The fourth-order valence-corrected chi connectivity index (χ4v) is 2.52. The van der Waals surface area contributed by atoms with Crippen LogP contribution in [0, 0.1) is 5.92 Å². The lowest BCUT2D eigenvalue weighted by Crippen LogP contribution is -2.47. The first-order chi connectivity index (χ1) is 9.10. The van der Waals surface area contributed by atoms with Gasteiger partial charge in [0.05, 0.1) is 12.5 Å². The summed E-state index contributed by atoms with van der Waals surface area (Å²) in [5.41, 5.74) is 0.845. The van der Waals surface area contributed by atoms with Crippen LogP contribution in [0.2, 0.25) is 0 Å². The zero-order valence-corrected chi connectivity index (χ0v) is 11.5. The van der Waals surface area contributed by atoms with Crippen LogP contribution in [0.4, 0.5) is 0 Å². The molecule has 0 aromatic heterocycles. The van der Waals surface area contributed by atoms with Gasteiger partial charge in [0, 0.05) is 20.2 Å². The highest BCUT2D eigenvalue weighted by Crippen LogP contribution is 2.20. The van der Waals surface area contributed by atoms with Crippen LogP contribution in [-0.2, 0) is 16.0 Å². The average Bonchev–Trinajstić information content (AvgIpc) is 2.39. The zero-order chi connectivity index (χ0) is 13.8. The van der Waals surface area contributed by atoms with Gasteiger partial charge in [-0.25, -0.2) is 0 Å². The highest BCUT2D eigenvalue weighted by molar-refractivity contribution is 5.79. The summed E-state index contributed by atoms with van der Waals surface area (Å²) in [6, 6.07) is 6.86. The lowest BCUT2D eigenvalue weighted by molar-refractivity contribution is -0.135. The fourth-order valence-electron chi connectivity index (χ4n) is 2.52. The SMILES string of the molecule is COC1CN(C(=O)Cc2cccc(O)c2)CCC1C. The summed E-state index contributed by atoms with van der Waals surface area (Å²) < 4.78 is 5.42. The average molecular weight is 263 g/mol. The maximum Gasteiger partial charge on any atom is 0.227 e. The molecule has 1 fully saturated rings. The summed E-state index contributed by atoms with van der Waals surface area (Å²) in [5, 5.41) is 9.41. The van der Waals surface area contributed by atoms with Crippen LogP contribution in [0.1, 0.15) is 18.9 Å². The first kappa shape index (κ1) is 13.9. The van der Waals surface area contributed by atoms with Crippen LogP contribution in [0.15, 0.2) is 24.3 Å². The second-order valence-corrected chi connectivity index (χ2v) is 5.23. The molecule has 0 bridgehead atoms. The number of phenols is 1. The fraction of sp³-hybridized carbons (Fsp3) is 0.533. The largest absolute Gasteiger partial charge is 0.508 e. The lowest BCUT2D eigenvalue weighted by Gasteiger charge is -2.36. The van der Waals surface area contributed by atoms with Crippen molar-refractivity contribution in [2.45, 2.75) is 25.9 Å². The van der Waals surface area contributed by atoms with Crippen LogP contribution < -0.4 is 0 Å². The monoisotopic (exact) mass is 263 g/mol. The summed E-state index contributed by atoms with van der Waals surface area (Å²) in [5.74, 6) is 0.793.